The molecule has 0 spiro atoms. The fourth-order valence-corrected chi connectivity index (χ4v) is 2.92. The fourth-order valence-electron chi connectivity index (χ4n) is 2.92. The molecule has 100 valence electrons. The Kier molecular flexibility index (Phi) is 3.38. The fraction of sp³-hybridized carbons (Fsp3) is 0.438. The molecule has 1 N–H and O–H groups in total. The summed E-state index contributed by atoms with van der Waals surface area (Å²) in [6, 6.07) is 6.88. The van der Waals surface area contributed by atoms with Crippen molar-refractivity contribution in [2.24, 2.45) is 7.05 Å². The molecular weight excluding hydrogens is 234 g/mol. The first kappa shape index (κ1) is 12.4. The Morgan fingerprint density at radius 3 is 2.95 bits per heavy atom. The van der Waals surface area contributed by atoms with Gasteiger partial charge in [0.25, 0.3) is 0 Å². The lowest BCUT2D eigenvalue weighted by atomic mass is 10.0. The normalized spacial score (nSPS) is 13.8. The van der Waals surface area contributed by atoms with E-state index in [1.54, 1.807) is 0 Å². The molecule has 3 rings (SSSR count). The molecule has 0 aliphatic heterocycles. The van der Waals surface area contributed by atoms with Crippen molar-refractivity contribution in [1.82, 2.24) is 14.9 Å². The van der Waals surface area contributed by atoms with E-state index in [0.717, 1.165) is 18.8 Å². The molecule has 2 aromatic rings. The van der Waals surface area contributed by atoms with Crippen LogP contribution in [0.2, 0.25) is 0 Å². The maximum Gasteiger partial charge on any atom is 0.110 e. The highest BCUT2D eigenvalue weighted by Gasteiger charge is 2.13. The van der Waals surface area contributed by atoms with Gasteiger partial charge in [0.05, 0.1) is 11.9 Å². The standard InChI is InChI=1S/C16H21N3/c1-17-9-8-16-18-11-15(19(16)2)14-7-6-12-4-3-5-13(12)10-14/h6-7,10-11,17H,3-5,8-9H2,1-2H3. The number of nitrogens with zero attached hydrogens (tertiary/aromatic N) is 2. The van der Waals surface area contributed by atoms with Crippen LogP contribution < -0.4 is 5.32 Å². The predicted molar refractivity (Wildman–Crippen MR) is 78.3 cm³/mol. The average Bonchev–Trinajstić information content (AvgIpc) is 3.02. The van der Waals surface area contributed by atoms with E-state index < -0.39 is 0 Å². The molecule has 1 heterocycles. The molecule has 19 heavy (non-hydrogen) atoms. The summed E-state index contributed by atoms with van der Waals surface area (Å²) < 4.78 is 2.22. The second kappa shape index (κ2) is 5.17. The highest BCUT2D eigenvalue weighted by Crippen LogP contribution is 2.28. The highest BCUT2D eigenvalue weighted by molar-refractivity contribution is 5.62. The van der Waals surface area contributed by atoms with E-state index in [4.69, 9.17) is 0 Å². The number of imidazole rings is 1. The molecule has 0 unspecified atom stereocenters. The molecule has 1 aliphatic carbocycles. The number of fused-ring (bicyclic) bond motifs is 1. The minimum Gasteiger partial charge on any atom is -0.331 e. The van der Waals surface area contributed by atoms with E-state index in [-0.39, 0.29) is 0 Å². The molecule has 3 nitrogen and oxygen atoms in total. The summed E-state index contributed by atoms with van der Waals surface area (Å²) in [5.74, 6) is 1.14. The number of hydrogen-bond donors (Lipinski definition) is 1. The maximum atomic E-state index is 4.55. The lowest BCUT2D eigenvalue weighted by molar-refractivity contribution is 0.720. The van der Waals surface area contributed by atoms with Crippen molar-refractivity contribution in [2.45, 2.75) is 25.7 Å². The quantitative estimate of drug-likeness (QED) is 0.909. The van der Waals surface area contributed by atoms with Crippen LogP contribution in [0.1, 0.15) is 23.4 Å². The first-order valence-electron chi connectivity index (χ1n) is 7.07. The smallest absolute Gasteiger partial charge is 0.110 e. The van der Waals surface area contributed by atoms with Gasteiger partial charge in [-0.15, -0.1) is 0 Å². The van der Waals surface area contributed by atoms with Gasteiger partial charge in [0.2, 0.25) is 0 Å². The van der Waals surface area contributed by atoms with Crippen molar-refractivity contribution < 1.29 is 0 Å². The minimum absolute atomic E-state index is 0.967. The summed E-state index contributed by atoms with van der Waals surface area (Å²) >= 11 is 0. The van der Waals surface area contributed by atoms with Gasteiger partial charge in [-0.05, 0) is 43.5 Å². The minimum atomic E-state index is 0.967. The van der Waals surface area contributed by atoms with Gasteiger partial charge in [-0.1, -0.05) is 12.1 Å². The first-order chi connectivity index (χ1) is 9.29. The van der Waals surface area contributed by atoms with Gasteiger partial charge >= 0.3 is 0 Å². The van der Waals surface area contributed by atoms with E-state index in [0.29, 0.717) is 0 Å². The molecule has 1 aromatic heterocycles. The summed E-state index contributed by atoms with van der Waals surface area (Å²) in [4.78, 5) is 4.55. The van der Waals surface area contributed by atoms with Crippen LogP contribution in [0.5, 0.6) is 0 Å². The van der Waals surface area contributed by atoms with Crippen molar-refractivity contribution >= 4 is 0 Å². The maximum absolute atomic E-state index is 4.55. The summed E-state index contributed by atoms with van der Waals surface area (Å²) in [6.07, 6.45) is 6.75. The first-order valence-corrected chi connectivity index (χ1v) is 7.07. The second-order valence-corrected chi connectivity index (χ2v) is 5.31. The summed E-state index contributed by atoms with van der Waals surface area (Å²) in [5.41, 5.74) is 5.57. The highest BCUT2D eigenvalue weighted by atomic mass is 15.1. The molecule has 1 aromatic carbocycles. The van der Waals surface area contributed by atoms with Crippen LogP contribution in [0.4, 0.5) is 0 Å². The van der Waals surface area contributed by atoms with E-state index in [2.05, 4.69) is 40.1 Å². The number of aryl methyl sites for hydroxylation is 2. The Bertz CT molecular complexity index is 584. The number of benzene rings is 1. The molecule has 0 amide bonds. The molecule has 3 heteroatoms. The Balaban J connectivity index is 1.92. The van der Waals surface area contributed by atoms with Gasteiger partial charge in [0, 0.05) is 25.6 Å². The molecule has 0 atom stereocenters. The molecule has 0 saturated carbocycles. The third-order valence-electron chi connectivity index (χ3n) is 4.08. The lowest BCUT2D eigenvalue weighted by Crippen LogP contribution is -2.13. The summed E-state index contributed by atoms with van der Waals surface area (Å²) in [6.45, 7) is 0.967. The molecular formula is C16H21N3. The molecule has 0 fully saturated rings. The van der Waals surface area contributed by atoms with Crippen molar-refractivity contribution in [2.75, 3.05) is 13.6 Å². The van der Waals surface area contributed by atoms with Gasteiger partial charge in [-0.3, -0.25) is 0 Å². The molecule has 0 saturated heterocycles. The lowest BCUT2D eigenvalue weighted by Gasteiger charge is -2.08. The summed E-state index contributed by atoms with van der Waals surface area (Å²) in [5, 5.41) is 3.17. The van der Waals surface area contributed by atoms with Crippen molar-refractivity contribution in [3.05, 3.63) is 41.3 Å². The Morgan fingerprint density at radius 2 is 2.11 bits per heavy atom. The van der Waals surface area contributed by atoms with Crippen LogP contribution in [-0.4, -0.2) is 23.1 Å². The number of rotatable bonds is 4. The van der Waals surface area contributed by atoms with E-state index >= 15 is 0 Å². The van der Waals surface area contributed by atoms with Crippen molar-refractivity contribution in [1.29, 1.82) is 0 Å². The molecule has 0 radical (unpaired) electrons. The Morgan fingerprint density at radius 1 is 1.26 bits per heavy atom. The van der Waals surface area contributed by atoms with Gasteiger partial charge in [-0.25, -0.2) is 4.98 Å². The van der Waals surface area contributed by atoms with Crippen LogP contribution in [0.25, 0.3) is 11.3 Å². The molecule has 1 aliphatic rings. The molecule has 0 bridgehead atoms. The number of aromatic nitrogens is 2. The van der Waals surface area contributed by atoms with E-state index in [1.165, 1.54) is 41.6 Å². The summed E-state index contributed by atoms with van der Waals surface area (Å²) in [7, 11) is 4.09. The second-order valence-electron chi connectivity index (χ2n) is 5.31. The monoisotopic (exact) mass is 255 g/mol. The van der Waals surface area contributed by atoms with Crippen LogP contribution in [0.3, 0.4) is 0 Å². The predicted octanol–water partition coefficient (Wildman–Crippen LogP) is 2.34. The average molecular weight is 255 g/mol. The van der Waals surface area contributed by atoms with Gasteiger partial charge in [0.15, 0.2) is 0 Å². The Labute approximate surface area is 114 Å². The largest absolute Gasteiger partial charge is 0.331 e. The van der Waals surface area contributed by atoms with Crippen LogP contribution in [-0.2, 0) is 26.3 Å². The van der Waals surface area contributed by atoms with Crippen molar-refractivity contribution in [3.63, 3.8) is 0 Å². The van der Waals surface area contributed by atoms with E-state index in [1.807, 2.05) is 13.2 Å². The number of nitrogens with one attached hydrogen (secondary N) is 1. The zero-order valence-corrected chi connectivity index (χ0v) is 11.7. The van der Waals surface area contributed by atoms with Gasteiger partial charge < -0.3 is 9.88 Å². The number of hydrogen-bond acceptors (Lipinski definition) is 2. The van der Waals surface area contributed by atoms with Crippen LogP contribution in [0.15, 0.2) is 24.4 Å². The van der Waals surface area contributed by atoms with Gasteiger partial charge in [-0.2, -0.15) is 0 Å². The number of likely N-dealkylation sites (N-methyl/N-ethyl adjacent to an activating group) is 1. The third-order valence-corrected chi connectivity index (χ3v) is 4.08. The topological polar surface area (TPSA) is 29.9 Å². The SMILES string of the molecule is CNCCc1ncc(-c2ccc3c(c2)CCC3)n1C. The zero-order valence-electron chi connectivity index (χ0n) is 11.7. The van der Waals surface area contributed by atoms with Crippen molar-refractivity contribution in [3.8, 4) is 11.3 Å². The zero-order chi connectivity index (χ0) is 13.2. The van der Waals surface area contributed by atoms with Crippen LogP contribution in [0, 0.1) is 0 Å². The van der Waals surface area contributed by atoms with Gasteiger partial charge in [0.1, 0.15) is 5.82 Å². The van der Waals surface area contributed by atoms with E-state index in [9.17, 15) is 0 Å². The Hall–Kier alpha value is -1.61. The van der Waals surface area contributed by atoms with Crippen LogP contribution >= 0.6 is 0 Å². The third kappa shape index (κ3) is 2.30.